The van der Waals surface area contributed by atoms with Gasteiger partial charge in [-0.1, -0.05) is 111 Å². The van der Waals surface area contributed by atoms with E-state index in [1.54, 1.807) is 6.08 Å². The molecule has 1 N–H and O–H groups in total. The Hall–Kier alpha value is -3.00. The average Bonchev–Trinajstić information content (AvgIpc) is 2.80. The van der Waals surface area contributed by atoms with Crippen LogP contribution in [0.4, 0.5) is 11.4 Å². The lowest BCUT2D eigenvalue weighted by Crippen LogP contribution is -2.17. The largest absolute Gasteiger partial charge is 0.507 e. The summed E-state index contributed by atoms with van der Waals surface area (Å²) in [5.74, 6) is 0.362. The van der Waals surface area contributed by atoms with Crippen molar-refractivity contribution < 1.29 is 5.11 Å². The second-order valence-corrected chi connectivity index (χ2v) is 10.3. The first kappa shape index (κ1) is 29.0. The number of phenolic OH excluding ortho intramolecular Hbond substituents is 1. The zero-order valence-corrected chi connectivity index (χ0v) is 23.0. The van der Waals surface area contributed by atoms with E-state index in [9.17, 15) is 5.11 Å². The Morgan fingerprint density at radius 3 is 1.79 bits per heavy atom. The van der Waals surface area contributed by atoms with E-state index in [1.807, 2.05) is 26.0 Å². The van der Waals surface area contributed by atoms with Gasteiger partial charge < -0.3 is 10.0 Å². The van der Waals surface area contributed by atoms with Gasteiger partial charge in [-0.3, -0.25) is 0 Å². The van der Waals surface area contributed by atoms with Gasteiger partial charge in [0.05, 0.1) is 0 Å². The molecule has 0 saturated heterocycles. The topological polar surface area (TPSA) is 23.5 Å². The Kier molecular flexibility index (Phi) is 10.6. The standard InChI is InChI=1S/C16H24O.C14H15N.C2H6/c1-8-11-9-12(15(2,3)4)10-13(14(11)17)16(5,6)7;1-12-8-6-7-11-14(12)15(2)13-9-4-3-5-10-13;1-2/h8-10,17H,1H2,2-7H3;3-11H,1-2H3;1-2H3. The summed E-state index contributed by atoms with van der Waals surface area (Å²) >= 11 is 0. The van der Waals surface area contributed by atoms with E-state index >= 15 is 0 Å². The highest BCUT2D eigenvalue weighted by Crippen LogP contribution is 2.38. The summed E-state index contributed by atoms with van der Waals surface area (Å²) < 4.78 is 0. The summed E-state index contributed by atoms with van der Waals surface area (Å²) in [6.45, 7) is 22.8. The Morgan fingerprint density at radius 2 is 1.32 bits per heavy atom. The monoisotopic (exact) mass is 459 g/mol. The van der Waals surface area contributed by atoms with Gasteiger partial charge in [0.15, 0.2) is 0 Å². The fraction of sp³-hybridized carbons (Fsp3) is 0.375. The number of phenols is 1. The van der Waals surface area contributed by atoms with E-state index < -0.39 is 0 Å². The summed E-state index contributed by atoms with van der Waals surface area (Å²) in [5, 5.41) is 10.2. The number of rotatable bonds is 3. The molecule has 0 aliphatic rings. The van der Waals surface area contributed by atoms with Crippen molar-refractivity contribution >= 4 is 17.5 Å². The predicted octanol–water partition coefficient (Wildman–Crippen LogP) is 9.42. The lowest BCUT2D eigenvalue weighted by Gasteiger charge is -2.27. The number of anilines is 2. The second-order valence-electron chi connectivity index (χ2n) is 10.3. The van der Waals surface area contributed by atoms with Crippen LogP contribution in [0.2, 0.25) is 0 Å². The van der Waals surface area contributed by atoms with Gasteiger partial charge in [0.2, 0.25) is 0 Å². The van der Waals surface area contributed by atoms with Crippen LogP contribution in [0.1, 0.15) is 77.6 Å². The van der Waals surface area contributed by atoms with Gasteiger partial charge >= 0.3 is 0 Å². The molecule has 2 nitrogen and oxygen atoms in total. The van der Waals surface area contributed by atoms with Crippen LogP contribution in [0.3, 0.4) is 0 Å². The molecular formula is C32H45NO. The average molecular weight is 460 g/mol. The Labute approximate surface area is 209 Å². The fourth-order valence-corrected chi connectivity index (χ4v) is 3.55. The maximum Gasteiger partial charge on any atom is 0.126 e. The molecule has 0 amide bonds. The van der Waals surface area contributed by atoms with Crippen molar-refractivity contribution in [2.24, 2.45) is 0 Å². The molecule has 0 atom stereocenters. The molecule has 2 heteroatoms. The predicted molar refractivity (Wildman–Crippen MR) is 153 cm³/mol. The molecule has 0 aromatic heterocycles. The normalized spacial score (nSPS) is 10.9. The van der Waals surface area contributed by atoms with Crippen LogP contribution in [-0.4, -0.2) is 12.2 Å². The Bertz CT molecular complexity index is 1040. The van der Waals surface area contributed by atoms with Gasteiger partial charge in [-0.2, -0.15) is 0 Å². The molecule has 3 aromatic carbocycles. The molecule has 3 rings (SSSR count). The highest BCUT2D eigenvalue weighted by Gasteiger charge is 2.24. The molecule has 0 unspecified atom stereocenters. The van der Waals surface area contributed by atoms with Gasteiger partial charge in [-0.25, -0.2) is 0 Å². The van der Waals surface area contributed by atoms with E-state index in [0.717, 1.165) is 11.1 Å². The number of hydrogen-bond acceptors (Lipinski definition) is 2. The molecule has 0 saturated carbocycles. The van der Waals surface area contributed by atoms with Crippen molar-refractivity contribution in [3.63, 3.8) is 0 Å². The molecule has 0 aliphatic heterocycles. The van der Waals surface area contributed by atoms with Crippen molar-refractivity contribution in [2.45, 2.75) is 73.1 Å². The van der Waals surface area contributed by atoms with Crippen LogP contribution in [0.15, 0.2) is 73.3 Å². The molecule has 0 spiro atoms. The third-order valence-electron chi connectivity index (χ3n) is 5.65. The molecule has 0 radical (unpaired) electrons. The minimum Gasteiger partial charge on any atom is -0.507 e. The lowest BCUT2D eigenvalue weighted by atomic mass is 9.79. The second kappa shape index (κ2) is 12.5. The fourth-order valence-electron chi connectivity index (χ4n) is 3.55. The van der Waals surface area contributed by atoms with Crippen LogP contribution in [0.5, 0.6) is 5.75 Å². The van der Waals surface area contributed by atoms with E-state index in [1.165, 1.54) is 22.5 Å². The van der Waals surface area contributed by atoms with Gasteiger partial charge in [0, 0.05) is 29.5 Å². The van der Waals surface area contributed by atoms with Crippen LogP contribution < -0.4 is 4.90 Å². The highest BCUT2D eigenvalue weighted by molar-refractivity contribution is 5.65. The minimum atomic E-state index is -0.0664. The molecule has 184 valence electrons. The maximum atomic E-state index is 10.2. The third-order valence-corrected chi connectivity index (χ3v) is 5.65. The SMILES string of the molecule is C=Cc1cc(C(C)(C)C)cc(C(C)(C)C)c1O.CC.Cc1ccccc1N(C)c1ccccc1. The van der Waals surface area contributed by atoms with Crippen molar-refractivity contribution in [1.82, 2.24) is 0 Å². The number of aromatic hydroxyl groups is 1. The van der Waals surface area contributed by atoms with E-state index in [-0.39, 0.29) is 10.8 Å². The van der Waals surface area contributed by atoms with Crippen LogP contribution >= 0.6 is 0 Å². The molecule has 3 aromatic rings. The molecule has 0 aliphatic carbocycles. The smallest absolute Gasteiger partial charge is 0.126 e. The quantitative estimate of drug-likeness (QED) is 0.421. The number of hydrogen-bond donors (Lipinski definition) is 1. The van der Waals surface area contributed by atoms with Crippen molar-refractivity contribution in [1.29, 1.82) is 0 Å². The third kappa shape index (κ3) is 7.80. The minimum absolute atomic E-state index is 0.0664. The zero-order valence-electron chi connectivity index (χ0n) is 23.0. The Balaban J connectivity index is 0.000000318. The number of para-hydroxylation sites is 2. The molecule has 0 heterocycles. The van der Waals surface area contributed by atoms with E-state index in [4.69, 9.17) is 0 Å². The maximum absolute atomic E-state index is 10.2. The molecule has 0 fully saturated rings. The van der Waals surface area contributed by atoms with Crippen LogP contribution in [0.25, 0.3) is 6.08 Å². The van der Waals surface area contributed by atoms with Crippen molar-refractivity contribution in [2.75, 3.05) is 11.9 Å². The van der Waals surface area contributed by atoms with Gasteiger partial charge in [0.25, 0.3) is 0 Å². The highest BCUT2D eigenvalue weighted by atomic mass is 16.3. The summed E-state index contributed by atoms with van der Waals surface area (Å²) in [4.78, 5) is 2.20. The van der Waals surface area contributed by atoms with E-state index in [2.05, 4.69) is 122 Å². The van der Waals surface area contributed by atoms with Crippen molar-refractivity contribution in [3.8, 4) is 5.75 Å². The van der Waals surface area contributed by atoms with Crippen molar-refractivity contribution in [3.05, 3.63) is 95.6 Å². The molecule has 34 heavy (non-hydrogen) atoms. The lowest BCUT2D eigenvalue weighted by molar-refractivity contribution is 0.443. The number of nitrogens with zero attached hydrogens (tertiary/aromatic N) is 1. The first-order valence-electron chi connectivity index (χ1n) is 12.2. The molecular weight excluding hydrogens is 414 g/mol. The molecule has 0 bridgehead atoms. The summed E-state index contributed by atoms with van der Waals surface area (Å²) in [7, 11) is 2.09. The number of benzene rings is 3. The summed E-state index contributed by atoms with van der Waals surface area (Å²) in [6, 6.07) is 22.9. The zero-order chi connectivity index (χ0) is 26.1. The van der Waals surface area contributed by atoms with Crippen LogP contribution in [-0.2, 0) is 10.8 Å². The first-order chi connectivity index (χ1) is 15.9. The van der Waals surface area contributed by atoms with E-state index in [0.29, 0.717) is 5.75 Å². The Morgan fingerprint density at radius 1 is 0.794 bits per heavy atom. The van der Waals surface area contributed by atoms with Gasteiger partial charge in [-0.15, -0.1) is 0 Å². The van der Waals surface area contributed by atoms with Gasteiger partial charge in [-0.05, 0) is 53.1 Å². The van der Waals surface area contributed by atoms with Crippen LogP contribution in [0, 0.1) is 6.92 Å². The summed E-state index contributed by atoms with van der Waals surface area (Å²) in [5.41, 5.74) is 6.81. The van der Waals surface area contributed by atoms with Gasteiger partial charge in [0.1, 0.15) is 5.75 Å². The summed E-state index contributed by atoms with van der Waals surface area (Å²) in [6.07, 6.45) is 1.72. The number of aryl methyl sites for hydroxylation is 1. The first-order valence-corrected chi connectivity index (χ1v) is 12.2.